The van der Waals surface area contributed by atoms with E-state index in [0.29, 0.717) is 17.0 Å². The Morgan fingerprint density at radius 2 is 1.88 bits per heavy atom. The largest absolute Gasteiger partial charge is 0.304 e. The zero-order valence-corrected chi connectivity index (χ0v) is 14.8. The lowest BCUT2D eigenvalue weighted by atomic mass is 10.1. The van der Waals surface area contributed by atoms with Crippen molar-refractivity contribution < 1.29 is 13.2 Å². The average Bonchev–Trinajstić information content (AvgIpc) is 2.88. The van der Waals surface area contributed by atoms with Crippen LogP contribution in [0.4, 0.5) is 5.69 Å². The molecule has 3 rings (SSSR count). The van der Waals surface area contributed by atoms with E-state index in [-0.39, 0.29) is 23.5 Å². The zero-order chi connectivity index (χ0) is 17.3. The molecule has 0 aliphatic carbocycles. The van der Waals surface area contributed by atoms with Gasteiger partial charge in [0.15, 0.2) is 9.84 Å². The summed E-state index contributed by atoms with van der Waals surface area (Å²) in [5, 5.41) is 0.553. The van der Waals surface area contributed by atoms with Crippen LogP contribution in [0.2, 0.25) is 5.02 Å². The van der Waals surface area contributed by atoms with Gasteiger partial charge in [-0.1, -0.05) is 23.7 Å². The molecule has 126 valence electrons. The van der Waals surface area contributed by atoms with Crippen molar-refractivity contribution >= 4 is 33.0 Å². The van der Waals surface area contributed by atoms with Gasteiger partial charge in [-0.3, -0.25) is 4.79 Å². The van der Waals surface area contributed by atoms with E-state index in [1.165, 1.54) is 0 Å². The molecular formula is C18H18ClNO3S. The molecule has 0 unspecified atom stereocenters. The summed E-state index contributed by atoms with van der Waals surface area (Å²) >= 11 is 5.89. The predicted molar refractivity (Wildman–Crippen MR) is 96.5 cm³/mol. The van der Waals surface area contributed by atoms with Crippen LogP contribution in [0.15, 0.2) is 48.5 Å². The molecule has 0 N–H and O–H groups in total. The first kappa shape index (κ1) is 17.0. The second-order valence-electron chi connectivity index (χ2n) is 6.08. The fraction of sp³-hybridized carbons (Fsp3) is 0.278. The number of aryl methyl sites for hydroxylation is 1. The van der Waals surface area contributed by atoms with Gasteiger partial charge in [0.05, 0.1) is 17.5 Å². The fourth-order valence-corrected chi connectivity index (χ4v) is 4.81. The maximum absolute atomic E-state index is 13.1. The number of rotatable bonds is 3. The van der Waals surface area contributed by atoms with Crippen LogP contribution in [-0.4, -0.2) is 31.9 Å². The molecule has 6 heteroatoms. The first-order valence-electron chi connectivity index (χ1n) is 7.72. The fourth-order valence-electron chi connectivity index (χ4n) is 2.98. The molecule has 0 saturated carbocycles. The quantitative estimate of drug-likeness (QED) is 0.838. The molecule has 0 radical (unpaired) electrons. The van der Waals surface area contributed by atoms with Gasteiger partial charge in [-0.2, -0.15) is 0 Å². The summed E-state index contributed by atoms with van der Waals surface area (Å²) in [4.78, 5) is 14.7. The number of hydrogen-bond acceptors (Lipinski definition) is 3. The molecule has 1 aliphatic rings. The number of benzene rings is 2. The summed E-state index contributed by atoms with van der Waals surface area (Å²) in [5.41, 5.74) is 2.23. The van der Waals surface area contributed by atoms with Gasteiger partial charge < -0.3 is 4.90 Å². The Kier molecular flexibility index (Phi) is 4.65. The second-order valence-corrected chi connectivity index (χ2v) is 8.74. The Hall–Kier alpha value is -1.85. The molecule has 2 aromatic carbocycles. The number of carbonyl (C=O) groups excluding carboxylic acids is 1. The average molecular weight is 364 g/mol. The Morgan fingerprint density at radius 1 is 1.17 bits per heavy atom. The number of nitrogens with zero attached hydrogens (tertiary/aromatic N) is 1. The third-order valence-corrected chi connectivity index (χ3v) is 6.17. The second kappa shape index (κ2) is 6.57. The summed E-state index contributed by atoms with van der Waals surface area (Å²) in [6, 6.07) is 13.9. The Morgan fingerprint density at radius 3 is 2.46 bits per heavy atom. The van der Waals surface area contributed by atoms with Crippen molar-refractivity contribution in [2.75, 3.05) is 16.4 Å². The summed E-state index contributed by atoms with van der Waals surface area (Å²) in [6.45, 7) is 1.94. The summed E-state index contributed by atoms with van der Waals surface area (Å²) in [7, 11) is -3.10. The Bertz CT molecular complexity index is 862. The van der Waals surface area contributed by atoms with Crippen molar-refractivity contribution in [3.63, 3.8) is 0 Å². The van der Waals surface area contributed by atoms with Crippen LogP contribution in [0.3, 0.4) is 0 Å². The van der Waals surface area contributed by atoms with E-state index in [2.05, 4.69) is 0 Å². The lowest BCUT2D eigenvalue weighted by Gasteiger charge is -2.29. The highest BCUT2D eigenvalue weighted by atomic mass is 35.5. The molecule has 0 aromatic heterocycles. The highest BCUT2D eigenvalue weighted by Gasteiger charge is 2.35. The van der Waals surface area contributed by atoms with Gasteiger partial charge in [0.2, 0.25) is 0 Å². The maximum atomic E-state index is 13.1. The van der Waals surface area contributed by atoms with Crippen molar-refractivity contribution in [3.8, 4) is 0 Å². The summed E-state index contributed by atoms with van der Waals surface area (Å²) in [5.74, 6) is -0.0897. The van der Waals surface area contributed by atoms with E-state index in [0.717, 1.165) is 11.3 Å². The lowest BCUT2D eigenvalue weighted by Crippen LogP contribution is -2.41. The van der Waals surface area contributed by atoms with E-state index >= 15 is 0 Å². The van der Waals surface area contributed by atoms with Crippen LogP contribution in [0.5, 0.6) is 0 Å². The Balaban J connectivity index is 2.01. The molecular weight excluding hydrogens is 346 g/mol. The van der Waals surface area contributed by atoms with E-state index < -0.39 is 9.84 Å². The van der Waals surface area contributed by atoms with Gasteiger partial charge >= 0.3 is 0 Å². The van der Waals surface area contributed by atoms with Crippen molar-refractivity contribution in [1.29, 1.82) is 0 Å². The van der Waals surface area contributed by atoms with Crippen molar-refractivity contribution in [2.24, 2.45) is 0 Å². The van der Waals surface area contributed by atoms with Crippen LogP contribution in [0.1, 0.15) is 22.3 Å². The molecule has 1 aliphatic heterocycles. The summed E-state index contributed by atoms with van der Waals surface area (Å²) < 4.78 is 23.8. The monoisotopic (exact) mass is 363 g/mol. The smallest absolute Gasteiger partial charge is 0.258 e. The molecule has 1 atom stereocenters. The van der Waals surface area contributed by atoms with Crippen molar-refractivity contribution in [3.05, 3.63) is 64.7 Å². The number of halogens is 1. The van der Waals surface area contributed by atoms with Gasteiger partial charge in [0, 0.05) is 16.3 Å². The van der Waals surface area contributed by atoms with Crippen LogP contribution in [0.25, 0.3) is 0 Å². The lowest BCUT2D eigenvalue weighted by molar-refractivity contribution is 0.0979. The molecule has 1 heterocycles. The van der Waals surface area contributed by atoms with Gasteiger partial charge in [0.1, 0.15) is 0 Å². The minimum atomic E-state index is -3.10. The molecule has 0 bridgehead atoms. The number of hydrogen-bond donors (Lipinski definition) is 0. The van der Waals surface area contributed by atoms with E-state index in [4.69, 9.17) is 11.6 Å². The van der Waals surface area contributed by atoms with E-state index in [1.807, 2.05) is 31.2 Å². The topological polar surface area (TPSA) is 54.5 Å². The number of anilines is 1. The predicted octanol–water partition coefficient (Wildman–Crippen LogP) is 3.48. The van der Waals surface area contributed by atoms with Gasteiger partial charge in [-0.25, -0.2) is 8.42 Å². The van der Waals surface area contributed by atoms with Crippen LogP contribution in [-0.2, 0) is 9.84 Å². The maximum Gasteiger partial charge on any atom is 0.258 e. The first-order valence-corrected chi connectivity index (χ1v) is 9.92. The zero-order valence-electron chi connectivity index (χ0n) is 13.3. The van der Waals surface area contributed by atoms with Crippen molar-refractivity contribution in [2.45, 2.75) is 19.4 Å². The van der Waals surface area contributed by atoms with Gasteiger partial charge in [0.25, 0.3) is 5.91 Å². The molecule has 1 amide bonds. The van der Waals surface area contributed by atoms with E-state index in [1.54, 1.807) is 29.2 Å². The third kappa shape index (κ3) is 3.62. The molecule has 24 heavy (non-hydrogen) atoms. The number of amides is 1. The minimum absolute atomic E-state index is 0.000269. The van der Waals surface area contributed by atoms with Crippen LogP contribution < -0.4 is 4.90 Å². The number of sulfone groups is 1. The molecule has 0 spiro atoms. The normalized spacial score (nSPS) is 19.2. The van der Waals surface area contributed by atoms with Crippen LogP contribution in [0, 0.1) is 6.92 Å². The number of carbonyl (C=O) groups is 1. The summed E-state index contributed by atoms with van der Waals surface area (Å²) in [6.07, 6.45) is 0.454. The highest BCUT2D eigenvalue weighted by Crippen LogP contribution is 2.27. The Labute approximate surface area is 147 Å². The molecule has 4 nitrogen and oxygen atoms in total. The molecule has 1 fully saturated rings. The van der Waals surface area contributed by atoms with Crippen molar-refractivity contribution in [1.82, 2.24) is 0 Å². The SMILES string of the molecule is Cc1cccc(N(C(=O)c2ccc(Cl)cc2)[C@@H]2CCS(=O)(=O)C2)c1. The molecule has 2 aromatic rings. The van der Waals surface area contributed by atoms with Crippen LogP contribution >= 0.6 is 11.6 Å². The van der Waals surface area contributed by atoms with Gasteiger partial charge in [-0.05, 0) is 55.3 Å². The highest BCUT2D eigenvalue weighted by molar-refractivity contribution is 7.91. The first-order chi connectivity index (χ1) is 11.4. The van der Waals surface area contributed by atoms with Gasteiger partial charge in [-0.15, -0.1) is 0 Å². The molecule has 1 saturated heterocycles. The van der Waals surface area contributed by atoms with E-state index in [9.17, 15) is 13.2 Å². The third-order valence-electron chi connectivity index (χ3n) is 4.16. The standard InChI is InChI=1S/C18H18ClNO3S/c1-13-3-2-4-16(11-13)20(17-9-10-24(22,23)12-17)18(21)14-5-7-15(19)8-6-14/h2-8,11,17H,9-10,12H2,1H3/t17-/m1/s1. The minimum Gasteiger partial charge on any atom is -0.304 e.